The highest BCUT2D eigenvalue weighted by molar-refractivity contribution is 7.87. The lowest BCUT2D eigenvalue weighted by Gasteiger charge is -2.39. The van der Waals surface area contributed by atoms with Crippen LogP contribution in [0.25, 0.3) is 0 Å². The van der Waals surface area contributed by atoms with Crippen LogP contribution in [0.5, 0.6) is 0 Å². The predicted octanol–water partition coefficient (Wildman–Crippen LogP) is 3.36. The highest BCUT2D eigenvalue weighted by Crippen LogP contribution is 2.69. The molecule has 0 aromatic carbocycles. The minimum absolute atomic E-state index is 0.123. The number of amides is 2. The normalized spacial score (nSPS) is 50.2. The van der Waals surface area contributed by atoms with E-state index in [0.717, 1.165) is 12.3 Å². The Hall–Kier alpha value is -1.35. The number of imide groups is 1. The van der Waals surface area contributed by atoms with Crippen LogP contribution in [0.1, 0.15) is 44.9 Å². The van der Waals surface area contributed by atoms with Crippen LogP contribution in [0, 0.1) is 65.1 Å². The van der Waals surface area contributed by atoms with Crippen LogP contribution < -0.4 is 0 Å². The van der Waals surface area contributed by atoms with Gasteiger partial charge in [0.1, 0.15) is 0 Å². The number of allylic oxidation sites excluding steroid dienone is 2. The second kappa shape index (κ2) is 6.20. The molecule has 0 aromatic heterocycles. The number of fused-ring (bicyclic) bond motifs is 14. The molecule has 0 aromatic rings. The zero-order valence-electron chi connectivity index (χ0n) is 17.6. The Kier molecular flexibility index (Phi) is 3.89. The number of hydrogen-bond donors (Lipinski definition) is 0. The quantitative estimate of drug-likeness (QED) is 0.352. The van der Waals surface area contributed by atoms with Gasteiger partial charge in [0.15, 0.2) is 0 Å². The first-order chi connectivity index (χ1) is 15.2. The molecule has 6 aliphatic carbocycles. The van der Waals surface area contributed by atoms with E-state index in [4.69, 9.17) is 0 Å². The Morgan fingerprint density at radius 3 is 2.19 bits per heavy atom. The summed E-state index contributed by atoms with van der Waals surface area (Å²) < 4.78 is 60.0. The van der Waals surface area contributed by atoms with E-state index in [1.165, 1.54) is 19.3 Å². The number of rotatable bonds is 5. The first kappa shape index (κ1) is 20.1. The number of carbonyl (C=O) groups excluding carboxylic acids is 2. The van der Waals surface area contributed by atoms with Crippen molar-refractivity contribution in [3.05, 3.63) is 12.2 Å². The molecule has 7 aliphatic rings. The molecule has 7 rings (SSSR count). The van der Waals surface area contributed by atoms with E-state index in [-0.39, 0.29) is 28.7 Å². The maximum Gasteiger partial charge on any atom is 0.372 e. The number of hydrogen-bond acceptors (Lipinski definition) is 5. The van der Waals surface area contributed by atoms with Crippen LogP contribution in [-0.2, 0) is 24.0 Å². The van der Waals surface area contributed by atoms with Gasteiger partial charge in [-0.2, -0.15) is 17.2 Å². The third-order valence-electron chi connectivity index (χ3n) is 10.3. The molecular formula is C23H27F2NO5S. The fourth-order valence-electron chi connectivity index (χ4n) is 9.45. The summed E-state index contributed by atoms with van der Waals surface area (Å²) in [5.74, 6) is -0.558. The lowest BCUT2D eigenvalue weighted by atomic mass is 9.67. The average Bonchev–Trinajstić information content (AvgIpc) is 3.55. The van der Waals surface area contributed by atoms with E-state index in [1.807, 2.05) is 12.2 Å². The van der Waals surface area contributed by atoms with E-state index >= 15 is 8.78 Å². The predicted molar refractivity (Wildman–Crippen MR) is 107 cm³/mol. The van der Waals surface area contributed by atoms with Crippen molar-refractivity contribution in [2.75, 3.05) is 0 Å². The number of halogens is 2. The smallest absolute Gasteiger partial charge is 0.272 e. The zero-order valence-corrected chi connectivity index (χ0v) is 18.4. The zero-order chi connectivity index (χ0) is 22.2. The van der Waals surface area contributed by atoms with Crippen LogP contribution in [-0.4, -0.2) is 30.5 Å². The molecule has 174 valence electrons. The molecule has 32 heavy (non-hydrogen) atoms. The fraction of sp³-hybridized carbons (Fsp3) is 0.826. The van der Waals surface area contributed by atoms with Gasteiger partial charge in [-0.15, -0.1) is 9.35 Å². The molecule has 11 atom stereocenters. The maximum atomic E-state index is 15.1. The van der Waals surface area contributed by atoms with Gasteiger partial charge in [-0.05, 0) is 91.8 Å². The Morgan fingerprint density at radius 1 is 0.906 bits per heavy atom. The summed E-state index contributed by atoms with van der Waals surface area (Å²) in [7, 11) is -5.46. The number of alkyl halides is 2. The van der Waals surface area contributed by atoms with Crippen molar-refractivity contribution in [1.82, 2.24) is 5.06 Å². The lowest BCUT2D eigenvalue weighted by Crippen LogP contribution is -2.43. The van der Waals surface area contributed by atoms with E-state index in [9.17, 15) is 18.0 Å². The van der Waals surface area contributed by atoms with Crippen molar-refractivity contribution in [2.45, 2.75) is 50.2 Å². The second-order valence-electron chi connectivity index (χ2n) is 11.5. The topological polar surface area (TPSA) is 80.8 Å². The Balaban J connectivity index is 1.08. The van der Waals surface area contributed by atoms with Crippen LogP contribution in [0.3, 0.4) is 0 Å². The molecular weight excluding hydrogens is 440 g/mol. The van der Waals surface area contributed by atoms with Gasteiger partial charge >= 0.3 is 15.4 Å². The molecule has 11 unspecified atom stereocenters. The fourth-order valence-corrected chi connectivity index (χ4v) is 10.3. The Bertz CT molecular complexity index is 1010. The van der Waals surface area contributed by atoms with Gasteiger partial charge in [0.05, 0.1) is 11.8 Å². The third-order valence-corrected chi connectivity index (χ3v) is 11.6. The van der Waals surface area contributed by atoms with Gasteiger partial charge in [-0.3, -0.25) is 9.59 Å². The highest BCUT2D eigenvalue weighted by Gasteiger charge is 2.65. The van der Waals surface area contributed by atoms with Gasteiger partial charge in [0.25, 0.3) is 11.8 Å². The summed E-state index contributed by atoms with van der Waals surface area (Å²) in [6.07, 6.45) is 8.82. The molecule has 0 radical (unpaired) electrons. The van der Waals surface area contributed by atoms with Crippen LogP contribution in [0.2, 0.25) is 0 Å². The Labute approximate surface area is 185 Å². The second-order valence-corrected chi connectivity index (χ2v) is 13.1. The van der Waals surface area contributed by atoms with E-state index in [0.29, 0.717) is 36.5 Å². The van der Waals surface area contributed by atoms with Crippen LogP contribution >= 0.6 is 0 Å². The average molecular weight is 468 g/mol. The monoisotopic (exact) mass is 467 g/mol. The molecule has 2 amide bonds. The van der Waals surface area contributed by atoms with Crippen molar-refractivity contribution in [3.63, 3.8) is 0 Å². The first-order valence-electron chi connectivity index (χ1n) is 12.0. The molecule has 6 fully saturated rings. The van der Waals surface area contributed by atoms with Crippen LogP contribution in [0.15, 0.2) is 12.2 Å². The molecule has 5 saturated carbocycles. The van der Waals surface area contributed by atoms with Gasteiger partial charge in [0, 0.05) is 6.42 Å². The van der Waals surface area contributed by atoms with Crippen molar-refractivity contribution in [1.29, 1.82) is 0 Å². The minimum atomic E-state index is -5.46. The first-order valence-corrected chi connectivity index (χ1v) is 13.5. The lowest BCUT2D eigenvalue weighted by molar-refractivity contribution is -0.168. The van der Waals surface area contributed by atoms with Crippen molar-refractivity contribution < 1.29 is 31.1 Å². The van der Waals surface area contributed by atoms with Gasteiger partial charge < -0.3 is 0 Å². The van der Waals surface area contributed by atoms with Crippen LogP contribution in [0.4, 0.5) is 8.78 Å². The summed E-state index contributed by atoms with van der Waals surface area (Å²) in [5, 5.41) is -4.01. The van der Waals surface area contributed by atoms with E-state index < -0.39 is 45.4 Å². The summed E-state index contributed by atoms with van der Waals surface area (Å²) in [4.78, 5) is 25.4. The number of carbonyl (C=O) groups is 2. The minimum Gasteiger partial charge on any atom is -0.272 e. The molecule has 1 aliphatic heterocycles. The molecule has 6 nitrogen and oxygen atoms in total. The standard InChI is InChI=1S/C23H27F2NO5S/c24-23(25,9-15-7-14-8-16(15)18-11-2-1-10(5-11)17(14)18)32(29,30)31-26-21(27)19-12-3-4-13(6-12)20(19)22(26)28/h3-4,10-20H,1-2,5-9H2. The van der Waals surface area contributed by atoms with Crippen molar-refractivity contribution >= 4 is 21.9 Å². The molecule has 0 spiro atoms. The van der Waals surface area contributed by atoms with Crippen molar-refractivity contribution in [3.8, 4) is 0 Å². The van der Waals surface area contributed by atoms with Gasteiger partial charge in [0.2, 0.25) is 0 Å². The van der Waals surface area contributed by atoms with Crippen molar-refractivity contribution in [2.24, 2.45) is 65.1 Å². The molecule has 1 saturated heterocycles. The Morgan fingerprint density at radius 2 is 1.53 bits per heavy atom. The largest absolute Gasteiger partial charge is 0.372 e. The third kappa shape index (κ3) is 2.39. The highest BCUT2D eigenvalue weighted by atomic mass is 32.2. The molecule has 0 N–H and O–H groups in total. The summed E-state index contributed by atoms with van der Waals surface area (Å²) in [5.41, 5.74) is 0. The SMILES string of the molecule is O=C1C2C3C=CC(C3)C2C(=O)N1OS(=O)(=O)C(F)(F)CC1CC2CC1C1C3CCC(C3)C21. The summed E-state index contributed by atoms with van der Waals surface area (Å²) in [6, 6.07) is 0. The van der Waals surface area contributed by atoms with Gasteiger partial charge in [-0.1, -0.05) is 12.2 Å². The summed E-state index contributed by atoms with van der Waals surface area (Å²) >= 11 is 0. The molecule has 1 heterocycles. The molecule has 6 bridgehead atoms. The van der Waals surface area contributed by atoms with E-state index in [2.05, 4.69) is 4.28 Å². The maximum absolute atomic E-state index is 15.1. The molecule has 9 heteroatoms. The number of nitrogens with zero attached hydrogens (tertiary/aromatic N) is 1. The van der Waals surface area contributed by atoms with Gasteiger partial charge in [-0.25, -0.2) is 0 Å². The number of hydroxylamine groups is 2. The van der Waals surface area contributed by atoms with E-state index in [1.54, 1.807) is 0 Å². The summed E-state index contributed by atoms with van der Waals surface area (Å²) in [6.45, 7) is 0.